The van der Waals surface area contributed by atoms with Crippen LogP contribution in [0.2, 0.25) is 0 Å². The minimum Gasteiger partial charge on any atom is -0.457 e. The first kappa shape index (κ1) is 31.2. The second kappa shape index (κ2) is 12.1. The maximum absolute atomic E-state index is 12.2. The molecule has 0 spiro atoms. The zero-order chi connectivity index (χ0) is 31.0. The van der Waals surface area contributed by atoms with E-state index in [1.807, 2.05) is 43.8 Å². The van der Waals surface area contributed by atoms with Gasteiger partial charge in [0.05, 0.1) is 22.9 Å². The summed E-state index contributed by atoms with van der Waals surface area (Å²) >= 11 is 0. The van der Waals surface area contributed by atoms with Crippen molar-refractivity contribution in [2.75, 3.05) is 6.61 Å². The number of rotatable bonds is 7. The van der Waals surface area contributed by atoms with Crippen molar-refractivity contribution in [3.05, 3.63) is 76.9 Å². The highest BCUT2D eigenvalue weighted by molar-refractivity contribution is 6.56. The Morgan fingerprint density at radius 2 is 1.72 bits per heavy atom. The molecule has 2 aromatic carbocycles. The van der Waals surface area contributed by atoms with Gasteiger partial charge in [-0.2, -0.15) is 5.10 Å². The van der Waals surface area contributed by atoms with Crippen LogP contribution in [0, 0.1) is 0 Å². The highest BCUT2D eigenvalue weighted by Crippen LogP contribution is 2.42. The number of ether oxygens (including phenoxy) is 2. The molecule has 0 N–H and O–H groups in total. The normalized spacial score (nSPS) is 20.9. The van der Waals surface area contributed by atoms with Gasteiger partial charge in [0.25, 0.3) is 0 Å². The summed E-state index contributed by atoms with van der Waals surface area (Å²) in [6.45, 7) is 16.8. The highest BCUT2D eigenvalue weighted by atomic mass is 16.7. The maximum Gasteiger partial charge on any atom is 0.491 e. The first-order chi connectivity index (χ1) is 20.3. The van der Waals surface area contributed by atoms with E-state index in [0.29, 0.717) is 0 Å². The van der Waals surface area contributed by atoms with Crippen molar-refractivity contribution in [1.29, 1.82) is 0 Å². The van der Waals surface area contributed by atoms with Gasteiger partial charge >= 0.3 is 13.1 Å². The summed E-state index contributed by atoms with van der Waals surface area (Å²) < 4.78 is 26.6. The number of carbonyl (C=O) groups excluding carboxylic acids is 1. The number of esters is 1. The Labute approximate surface area is 256 Å². The van der Waals surface area contributed by atoms with E-state index >= 15 is 0 Å². The predicted octanol–water partition coefficient (Wildman–Crippen LogP) is 7.93. The zero-order valence-electron chi connectivity index (χ0n) is 26.9. The summed E-state index contributed by atoms with van der Waals surface area (Å²) in [6, 6.07) is 14.7. The van der Waals surface area contributed by atoms with Crippen molar-refractivity contribution < 1.29 is 23.6 Å². The molecule has 5 rings (SSSR count). The van der Waals surface area contributed by atoms with Crippen molar-refractivity contribution >= 4 is 35.6 Å². The Morgan fingerprint density at radius 1 is 1.05 bits per heavy atom. The van der Waals surface area contributed by atoms with Crippen LogP contribution in [0.1, 0.15) is 104 Å². The quantitative estimate of drug-likeness (QED) is 0.160. The molecule has 8 heteroatoms. The molecule has 1 aromatic heterocycles. The van der Waals surface area contributed by atoms with E-state index in [-0.39, 0.29) is 12.2 Å². The third kappa shape index (κ3) is 6.82. The van der Waals surface area contributed by atoms with Crippen LogP contribution in [0.3, 0.4) is 0 Å². The molecule has 0 bridgehead atoms. The van der Waals surface area contributed by atoms with Crippen molar-refractivity contribution in [1.82, 2.24) is 9.78 Å². The van der Waals surface area contributed by atoms with Crippen molar-refractivity contribution in [2.45, 2.75) is 104 Å². The molecule has 2 fully saturated rings. The minimum absolute atomic E-state index is 0.0238. The first-order valence-corrected chi connectivity index (χ1v) is 15.5. The fourth-order valence-corrected chi connectivity index (χ4v) is 5.60. The van der Waals surface area contributed by atoms with Gasteiger partial charge in [-0.15, -0.1) is 0 Å². The van der Waals surface area contributed by atoms with Crippen LogP contribution in [0.4, 0.5) is 0 Å². The van der Waals surface area contributed by atoms with Gasteiger partial charge in [0.15, 0.2) is 6.23 Å². The lowest BCUT2D eigenvalue weighted by Crippen LogP contribution is -2.41. The summed E-state index contributed by atoms with van der Waals surface area (Å²) in [4.78, 5) is 12.2. The smallest absolute Gasteiger partial charge is 0.457 e. The molecule has 1 atom stereocenters. The Kier molecular flexibility index (Phi) is 8.76. The van der Waals surface area contributed by atoms with Crippen LogP contribution >= 0.6 is 0 Å². The number of nitrogens with zero attached hydrogens (tertiary/aromatic N) is 2. The number of aromatic nitrogens is 2. The van der Waals surface area contributed by atoms with E-state index in [1.165, 1.54) is 6.08 Å². The topological polar surface area (TPSA) is 71.8 Å². The maximum atomic E-state index is 12.2. The molecule has 2 saturated heterocycles. The molecule has 43 heavy (non-hydrogen) atoms. The minimum atomic E-state index is -0.532. The van der Waals surface area contributed by atoms with Crippen LogP contribution in [-0.4, -0.2) is 46.3 Å². The van der Waals surface area contributed by atoms with Crippen molar-refractivity contribution in [3.63, 3.8) is 0 Å². The number of carbonyl (C=O) groups is 1. The first-order valence-electron chi connectivity index (χ1n) is 15.5. The average molecular weight is 585 g/mol. The molecule has 2 aliphatic rings. The monoisotopic (exact) mass is 584 g/mol. The molecule has 2 aliphatic heterocycles. The summed E-state index contributed by atoms with van der Waals surface area (Å²) in [5, 5.41) is 5.78. The molecule has 0 radical (unpaired) electrons. The van der Waals surface area contributed by atoms with E-state index in [1.54, 1.807) is 6.08 Å². The largest absolute Gasteiger partial charge is 0.491 e. The second-order valence-corrected chi connectivity index (χ2v) is 13.5. The van der Waals surface area contributed by atoms with Crippen LogP contribution in [0.15, 0.2) is 60.2 Å². The van der Waals surface area contributed by atoms with Crippen LogP contribution in [0.5, 0.6) is 0 Å². The van der Waals surface area contributed by atoms with Crippen molar-refractivity contribution in [2.24, 2.45) is 0 Å². The second-order valence-electron chi connectivity index (χ2n) is 13.5. The van der Waals surface area contributed by atoms with E-state index in [4.69, 9.17) is 23.9 Å². The average Bonchev–Trinajstić information content (AvgIpc) is 3.46. The predicted molar refractivity (Wildman–Crippen MR) is 172 cm³/mol. The fourth-order valence-electron chi connectivity index (χ4n) is 5.60. The van der Waals surface area contributed by atoms with Gasteiger partial charge in [-0.05, 0) is 120 Å². The molecule has 3 heterocycles. The van der Waals surface area contributed by atoms with Gasteiger partial charge in [0, 0.05) is 18.1 Å². The lowest BCUT2D eigenvalue weighted by atomic mass is 9.70. The number of allylic oxidation sites excluding steroid dienone is 1. The van der Waals surface area contributed by atoms with Gasteiger partial charge < -0.3 is 18.8 Å². The Bertz CT molecular complexity index is 1510. The molecule has 0 saturated carbocycles. The Balaban J connectivity index is 1.55. The number of hydrogen-bond donors (Lipinski definition) is 0. The van der Waals surface area contributed by atoms with Crippen LogP contribution in [0.25, 0.3) is 22.6 Å². The fraction of sp³-hybridized carbons (Fsp3) is 0.486. The van der Waals surface area contributed by atoms with Crippen molar-refractivity contribution in [3.8, 4) is 0 Å². The molecule has 0 amide bonds. The molecular formula is C35H45BN2O5. The SMILES string of the molecule is CC/C(B1OC(C)(C)C(C)(C)O1)=C(/c1ccc(/C=C/C(=O)OC(C)(C)C)cc1)c1ccc2c(cnn2C2CCCCO2)c1. The van der Waals surface area contributed by atoms with Gasteiger partial charge in [-0.1, -0.05) is 37.3 Å². The summed E-state index contributed by atoms with van der Waals surface area (Å²) in [5.74, 6) is -0.362. The van der Waals surface area contributed by atoms with E-state index in [9.17, 15) is 4.79 Å². The molecule has 7 nitrogen and oxygen atoms in total. The third-order valence-electron chi connectivity index (χ3n) is 8.57. The van der Waals surface area contributed by atoms with E-state index < -0.39 is 23.9 Å². The standard InChI is InChI=1S/C35H45BN2O5/c1-9-28(36-42-34(5,6)35(7,8)43-36)32(25-16-13-24(14-17-25)15-20-31(39)41-33(2,3)4)26-18-19-29-27(22-26)23-37-38(29)30-12-10-11-21-40-30/h13-20,22-23,30H,9-12,21H2,1-8H3/b20-15+,32-28+. The summed E-state index contributed by atoms with van der Waals surface area (Å²) in [6.07, 6.45) is 9.13. The molecule has 1 unspecified atom stereocenters. The number of hydrogen-bond acceptors (Lipinski definition) is 6. The van der Waals surface area contributed by atoms with Gasteiger partial charge in [0.1, 0.15) is 5.60 Å². The van der Waals surface area contributed by atoms with Crippen LogP contribution < -0.4 is 0 Å². The van der Waals surface area contributed by atoms with E-state index in [0.717, 1.165) is 70.9 Å². The molecular weight excluding hydrogens is 539 g/mol. The number of benzene rings is 2. The van der Waals surface area contributed by atoms with E-state index in [2.05, 4.69) is 65.0 Å². The third-order valence-corrected chi connectivity index (χ3v) is 8.57. The van der Waals surface area contributed by atoms with Gasteiger partial charge in [-0.3, -0.25) is 0 Å². The zero-order valence-corrected chi connectivity index (χ0v) is 26.9. The number of fused-ring (bicyclic) bond motifs is 1. The lowest BCUT2D eigenvalue weighted by Gasteiger charge is -2.32. The molecule has 0 aliphatic carbocycles. The lowest BCUT2D eigenvalue weighted by molar-refractivity contribution is -0.148. The summed E-state index contributed by atoms with van der Waals surface area (Å²) in [7, 11) is -0.481. The van der Waals surface area contributed by atoms with Gasteiger partial charge in [-0.25, -0.2) is 9.48 Å². The summed E-state index contributed by atoms with van der Waals surface area (Å²) in [5.41, 5.74) is 4.80. The molecule has 228 valence electrons. The van der Waals surface area contributed by atoms with Crippen LogP contribution in [-0.2, 0) is 23.6 Å². The Morgan fingerprint density at radius 3 is 2.33 bits per heavy atom. The molecule has 3 aromatic rings. The highest BCUT2D eigenvalue weighted by Gasteiger charge is 2.52. The van der Waals surface area contributed by atoms with Gasteiger partial charge in [0.2, 0.25) is 0 Å². The Hall–Kier alpha value is -3.20.